The van der Waals surface area contributed by atoms with Crippen LogP contribution < -0.4 is 5.59 Å². The van der Waals surface area contributed by atoms with Gasteiger partial charge in [0.15, 0.2) is 0 Å². The second-order valence-corrected chi connectivity index (χ2v) is 6.13. The van der Waals surface area contributed by atoms with Crippen LogP contribution in [0.5, 0.6) is 0 Å². The molecule has 1 radical (unpaired) electrons. The van der Waals surface area contributed by atoms with Crippen molar-refractivity contribution in [2.75, 3.05) is 0 Å². The Hall–Kier alpha value is -2.10. The fraction of sp³-hybridized carbons (Fsp3) is 0.375. The van der Waals surface area contributed by atoms with Crippen LogP contribution in [0, 0.1) is 11.3 Å². The molecule has 0 unspecified atom stereocenters. The highest BCUT2D eigenvalue weighted by atomic mass is 16.5. The predicted molar refractivity (Wildman–Crippen MR) is 85.1 cm³/mol. The molecule has 2 rings (SSSR count). The molecule has 1 heterocycles. The van der Waals surface area contributed by atoms with Crippen LogP contribution in [0.4, 0.5) is 0 Å². The van der Waals surface area contributed by atoms with Gasteiger partial charge in [-0.1, -0.05) is 0 Å². The molecule has 113 valence electrons. The van der Waals surface area contributed by atoms with Crippen LogP contribution in [0.1, 0.15) is 33.3 Å². The lowest BCUT2D eigenvalue weighted by Crippen LogP contribution is -2.49. The van der Waals surface area contributed by atoms with Gasteiger partial charge in [-0.3, -0.25) is 0 Å². The standard InChI is InChI=1S/C16H19BN3O2/c1-15(2,21)16(3,4)22-17-14-9-10-19-20(14)13-7-5-12(11-18)6-8-13/h5-10,21H,1-4H3. The van der Waals surface area contributed by atoms with Crippen molar-refractivity contribution in [2.45, 2.75) is 38.9 Å². The Morgan fingerprint density at radius 1 is 1.18 bits per heavy atom. The Kier molecular flexibility index (Phi) is 4.41. The normalized spacial score (nSPS) is 12.0. The molecular weight excluding hydrogens is 277 g/mol. The molecule has 0 atom stereocenters. The molecule has 0 amide bonds. The molecular formula is C16H19BN3O2. The molecule has 1 aromatic carbocycles. The second kappa shape index (κ2) is 5.95. The highest BCUT2D eigenvalue weighted by Gasteiger charge is 2.36. The lowest BCUT2D eigenvalue weighted by Gasteiger charge is -2.37. The Morgan fingerprint density at radius 3 is 2.36 bits per heavy atom. The van der Waals surface area contributed by atoms with Crippen molar-refractivity contribution in [3.63, 3.8) is 0 Å². The summed E-state index contributed by atoms with van der Waals surface area (Å²) >= 11 is 0. The molecule has 0 aliphatic carbocycles. The first kappa shape index (κ1) is 16.3. The highest BCUT2D eigenvalue weighted by molar-refractivity contribution is 6.46. The van der Waals surface area contributed by atoms with E-state index in [-0.39, 0.29) is 0 Å². The fourth-order valence-corrected chi connectivity index (χ4v) is 1.65. The van der Waals surface area contributed by atoms with E-state index < -0.39 is 11.2 Å². The van der Waals surface area contributed by atoms with Crippen LogP contribution >= 0.6 is 0 Å². The van der Waals surface area contributed by atoms with E-state index in [0.29, 0.717) is 5.56 Å². The Labute approximate surface area is 131 Å². The first-order chi connectivity index (χ1) is 10.2. The van der Waals surface area contributed by atoms with Crippen molar-refractivity contribution in [1.29, 1.82) is 5.26 Å². The molecule has 1 N–H and O–H groups in total. The van der Waals surface area contributed by atoms with Gasteiger partial charge in [-0.15, -0.1) is 0 Å². The van der Waals surface area contributed by atoms with Gasteiger partial charge in [-0.25, -0.2) is 4.68 Å². The Bertz CT molecular complexity index is 679. The summed E-state index contributed by atoms with van der Waals surface area (Å²) in [6.07, 6.45) is 1.67. The first-order valence-electron chi connectivity index (χ1n) is 7.02. The zero-order valence-electron chi connectivity index (χ0n) is 13.2. The summed E-state index contributed by atoms with van der Waals surface area (Å²) in [5, 5.41) is 23.2. The smallest absolute Gasteiger partial charge is 0.351 e. The monoisotopic (exact) mass is 296 g/mol. The van der Waals surface area contributed by atoms with Crippen molar-refractivity contribution in [2.24, 2.45) is 0 Å². The van der Waals surface area contributed by atoms with Crippen molar-refractivity contribution < 1.29 is 9.76 Å². The van der Waals surface area contributed by atoms with E-state index in [0.717, 1.165) is 11.3 Å². The van der Waals surface area contributed by atoms with E-state index >= 15 is 0 Å². The summed E-state index contributed by atoms with van der Waals surface area (Å²) in [5.41, 5.74) is 0.457. The van der Waals surface area contributed by atoms with Gasteiger partial charge in [-0.2, -0.15) is 10.4 Å². The topological polar surface area (TPSA) is 71.1 Å². The molecule has 2 aromatic rings. The Morgan fingerprint density at radius 2 is 1.82 bits per heavy atom. The summed E-state index contributed by atoms with van der Waals surface area (Å²) in [4.78, 5) is 0. The van der Waals surface area contributed by atoms with Crippen LogP contribution in [-0.4, -0.2) is 33.6 Å². The molecule has 1 aromatic heterocycles. The van der Waals surface area contributed by atoms with E-state index in [1.165, 1.54) is 0 Å². The van der Waals surface area contributed by atoms with E-state index in [1.54, 1.807) is 44.3 Å². The molecule has 22 heavy (non-hydrogen) atoms. The van der Waals surface area contributed by atoms with E-state index in [9.17, 15) is 5.11 Å². The van der Waals surface area contributed by atoms with Crippen molar-refractivity contribution in [1.82, 2.24) is 9.78 Å². The number of benzene rings is 1. The van der Waals surface area contributed by atoms with Crippen LogP contribution in [0.3, 0.4) is 0 Å². The van der Waals surface area contributed by atoms with Gasteiger partial charge in [0, 0.05) is 11.8 Å². The highest BCUT2D eigenvalue weighted by Crippen LogP contribution is 2.24. The molecule has 0 spiro atoms. The summed E-state index contributed by atoms with van der Waals surface area (Å²) in [6, 6.07) is 11.0. The van der Waals surface area contributed by atoms with E-state index in [2.05, 4.69) is 11.2 Å². The minimum Gasteiger partial charge on any atom is -0.425 e. The zero-order valence-corrected chi connectivity index (χ0v) is 13.2. The number of hydrogen-bond donors (Lipinski definition) is 1. The summed E-state index contributed by atoms with van der Waals surface area (Å²) in [6.45, 7) is 7.06. The minimum atomic E-state index is -0.983. The van der Waals surface area contributed by atoms with E-state index in [4.69, 9.17) is 9.92 Å². The number of nitrogens with zero attached hydrogens (tertiary/aromatic N) is 3. The maximum absolute atomic E-state index is 10.1. The molecule has 0 saturated carbocycles. The number of rotatable bonds is 5. The maximum atomic E-state index is 10.1. The SMILES string of the molecule is CC(C)(O)C(C)(C)O[B]c1ccnn1-c1ccc(C#N)cc1. The van der Waals surface area contributed by atoms with Gasteiger partial charge in [-0.05, 0) is 58.0 Å². The van der Waals surface area contributed by atoms with Crippen molar-refractivity contribution in [3.8, 4) is 11.8 Å². The van der Waals surface area contributed by atoms with Crippen molar-refractivity contribution in [3.05, 3.63) is 42.1 Å². The third-order valence-corrected chi connectivity index (χ3v) is 3.86. The quantitative estimate of drug-likeness (QED) is 0.850. The molecule has 0 saturated heterocycles. The first-order valence-corrected chi connectivity index (χ1v) is 7.02. The van der Waals surface area contributed by atoms with Crippen LogP contribution in [0.25, 0.3) is 5.69 Å². The number of nitriles is 1. The van der Waals surface area contributed by atoms with Crippen LogP contribution in [0.15, 0.2) is 36.5 Å². The third-order valence-electron chi connectivity index (χ3n) is 3.86. The Balaban J connectivity index is 2.18. The van der Waals surface area contributed by atoms with Gasteiger partial charge in [0.25, 0.3) is 0 Å². The predicted octanol–water partition coefficient (Wildman–Crippen LogP) is 1.55. The van der Waals surface area contributed by atoms with E-state index in [1.807, 2.05) is 32.0 Å². The lowest BCUT2D eigenvalue weighted by molar-refractivity contribution is -0.0894. The number of hydrogen-bond acceptors (Lipinski definition) is 4. The van der Waals surface area contributed by atoms with Crippen LogP contribution in [0.2, 0.25) is 0 Å². The van der Waals surface area contributed by atoms with Gasteiger partial charge in [0.1, 0.15) is 0 Å². The minimum absolute atomic E-state index is 0.598. The zero-order chi connectivity index (χ0) is 16.4. The fourth-order valence-electron chi connectivity index (χ4n) is 1.65. The third kappa shape index (κ3) is 3.38. The average Bonchev–Trinajstić information content (AvgIpc) is 2.92. The molecule has 6 heteroatoms. The molecule has 5 nitrogen and oxygen atoms in total. The molecule has 0 aliphatic heterocycles. The maximum Gasteiger partial charge on any atom is 0.351 e. The summed E-state index contributed by atoms with van der Waals surface area (Å²) in [7, 11) is 1.59. The molecule has 0 bridgehead atoms. The number of aliphatic hydroxyl groups is 1. The van der Waals surface area contributed by atoms with Gasteiger partial charge >= 0.3 is 7.48 Å². The largest absolute Gasteiger partial charge is 0.425 e. The summed E-state index contributed by atoms with van der Waals surface area (Å²) in [5.74, 6) is 0. The van der Waals surface area contributed by atoms with Crippen LogP contribution in [-0.2, 0) is 4.65 Å². The van der Waals surface area contributed by atoms with Gasteiger partial charge < -0.3 is 9.76 Å². The van der Waals surface area contributed by atoms with Crippen molar-refractivity contribution >= 4 is 13.1 Å². The molecule has 0 aliphatic rings. The average molecular weight is 296 g/mol. The second-order valence-electron chi connectivity index (χ2n) is 6.13. The summed E-state index contributed by atoms with van der Waals surface area (Å²) < 4.78 is 7.47. The lowest BCUT2D eigenvalue weighted by atomic mass is 9.85. The molecule has 0 fully saturated rings. The van der Waals surface area contributed by atoms with Gasteiger partial charge in [0.2, 0.25) is 0 Å². The van der Waals surface area contributed by atoms with Gasteiger partial charge in [0.05, 0.1) is 28.5 Å². The number of aromatic nitrogens is 2.